The second kappa shape index (κ2) is 8.11. The Balaban J connectivity index is 1.65. The summed E-state index contributed by atoms with van der Waals surface area (Å²) in [7, 11) is 0. The Hall–Kier alpha value is -3.47. The van der Waals surface area contributed by atoms with E-state index in [9.17, 15) is 14.0 Å². The molecule has 3 aromatic carbocycles. The van der Waals surface area contributed by atoms with Gasteiger partial charge in [0, 0.05) is 25.1 Å². The summed E-state index contributed by atoms with van der Waals surface area (Å²) in [6.07, 6.45) is 0.413. The molecule has 0 fully saturated rings. The summed E-state index contributed by atoms with van der Waals surface area (Å²) in [6.45, 7) is 2.41. The number of nitrogens with one attached hydrogen (secondary N) is 1. The van der Waals surface area contributed by atoms with E-state index in [0.717, 1.165) is 16.7 Å². The number of amides is 2. The van der Waals surface area contributed by atoms with Crippen molar-refractivity contribution in [3.05, 3.63) is 107 Å². The van der Waals surface area contributed by atoms with Gasteiger partial charge in [-0.25, -0.2) is 4.39 Å². The zero-order valence-corrected chi connectivity index (χ0v) is 16.8. The molecule has 1 aliphatic heterocycles. The summed E-state index contributed by atoms with van der Waals surface area (Å²) >= 11 is 0. The van der Waals surface area contributed by atoms with E-state index in [1.54, 1.807) is 30.0 Å². The molecule has 3 aromatic rings. The summed E-state index contributed by atoms with van der Waals surface area (Å²) in [5.74, 6) is -0.743. The lowest BCUT2D eigenvalue weighted by Gasteiger charge is -2.44. The number of rotatable bonds is 5. The van der Waals surface area contributed by atoms with E-state index in [4.69, 9.17) is 0 Å². The molecule has 0 aliphatic carbocycles. The molecular weight excluding hydrogens is 379 g/mol. The van der Waals surface area contributed by atoms with Gasteiger partial charge in [-0.15, -0.1) is 0 Å². The average Bonchev–Trinajstić information content (AvgIpc) is 2.77. The van der Waals surface area contributed by atoms with Crippen LogP contribution >= 0.6 is 0 Å². The minimum absolute atomic E-state index is 0.196. The Morgan fingerprint density at radius 1 is 0.967 bits per heavy atom. The van der Waals surface area contributed by atoms with Crippen molar-refractivity contribution in [3.8, 4) is 0 Å². The fourth-order valence-electron chi connectivity index (χ4n) is 3.91. The van der Waals surface area contributed by atoms with Crippen molar-refractivity contribution in [2.45, 2.75) is 32.0 Å². The fraction of sp³-hybridized carbons (Fsp3) is 0.200. The Labute approximate surface area is 175 Å². The Morgan fingerprint density at radius 2 is 1.63 bits per heavy atom. The van der Waals surface area contributed by atoms with Crippen LogP contribution in [0.2, 0.25) is 0 Å². The number of nitrogens with zero attached hydrogens (tertiary/aromatic N) is 1. The van der Waals surface area contributed by atoms with Crippen LogP contribution in [0, 0.1) is 5.82 Å². The molecule has 30 heavy (non-hydrogen) atoms. The Morgan fingerprint density at radius 3 is 2.37 bits per heavy atom. The van der Waals surface area contributed by atoms with E-state index >= 15 is 0 Å². The largest absolute Gasteiger partial charge is 0.350 e. The van der Waals surface area contributed by atoms with Crippen LogP contribution in [0.25, 0.3) is 0 Å². The van der Waals surface area contributed by atoms with Crippen LogP contribution in [0.15, 0.2) is 78.9 Å². The monoisotopic (exact) mass is 402 g/mol. The number of halogens is 1. The van der Waals surface area contributed by atoms with E-state index in [1.807, 2.05) is 48.5 Å². The van der Waals surface area contributed by atoms with Crippen molar-refractivity contribution in [1.82, 2.24) is 10.2 Å². The van der Waals surface area contributed by atoms with Crippen molar-refractivity contribution >= 4 is 11.8 Å². The maximum atomic E-state index is 13.4. The van der Waals surface area contributed by atoms with Crippen LogP contribution in [0.4, 0.5) is 4.39 Å². The number of carbonyl (C=O) groups is 2. The number of benzene rings is 3. The first kappa shape index (κ1) is 19.8. The zero-order chi connectivity index (χ0) is 21.1. The lowest BCUT2D eigenvalue weighted by atomic mass is 9.82. The molecule has 0 aromatic heterocycles. The third-order valence-corrected chi connectivity index (χ3v) is 5.66. The third-order valence-electron chi connectivity index (χ3n) is 5.66. The van der Waals surface area contributed by atoms with Crippen LogP contribution < -0.4 is 5.32 Å². The molecule has 0 saturated heterocycles. The van der Waals surface area contributed by atoms with Gasteiger partial charge in [-0.05, 0) is 41.8 Å². The summed E-state index contributed by atoms with van der Waals surface area (Å²) in [5, 5.41) is 2.99. The van der Waals surface area contributed by atoms with Crippen LogP contribution in [0.1, 0.15) is 34.0 Å². The highest BCUT2D eigenvalue weighted by molar-refractivity contribution is 6.02. The standard InChI is InChI=1S/C25H23FN2O2/c1-25(24(30)27-16-18-7-3-2-4-8-18)15-20-9-5-6-10-22(20)23(29)28(25)17-19-11-13-21(26)14-12-19/h2-14H,15-17H2,1H3,(H,27,30). The van der Waals surface area contributed by atoms with Gasteiger partial charge in [-0.2, -0.15) is 0 Å². The number of hydrogen-bond acceptors (Lipinski definition) is 2. The van der Waals surface area contributed by atoms with E-state index in [-0.39, 0.29) is 24.2 Å². The predicted octanol–water partition coefficient (Wildman–Crippen LogP) is 4.10. The highest BCUT2D eigenvalue weighted by atomic mass is 19.1. The van der Waals surface area contributed by atoms with Gasteiger partial charge in [0.15, 0.2) is 0 Å². The van der Waals surface area contributed by atoms with Gasteiger partial charge in [-0.1, -0.05) is 60.7 Å². The SMILES string of the molecule is CC1(C(=O)NCc2ccccc2)Cc2ccccc2C(=O)N1Cc1ccc(F)cc1. The molecular formula is C25H23FN2O2. The second-order valence-corrected chi connectivity index (χ2v) is 7.79. The molecule has 5 heteroatoms. The van der Waals surface area contributed by atoms with Gasteiger partial charge >= 0.3 is 0 Å². The fourth-order valence-corrected chi connectivity index (χ4v) is 3.91. The van der Waals surface area contributed by atoms with Gasteiger partial charge < -0.3 is 10.2 Å². The first-order valence-electron chi connectivity index (χ1n) is 9.94. The molecule has 2 amide bonds. The van der Waals surface area contributed by atoms with Crippen LogP contribution in [-0.2, 0) is 24.3 Å². The average molecular weight is 402 g/mol. The van der Waals surface area contributed by atoms with Crippen molar-refractivity contribution in [2.24, 2.45) is 0 Å². The number of fused-ring (bicyclic) bond motifs is 1. The highest BCUT2D eigenvalue weighted by Gasteiger charge is 2.46. The van der Waals surface area contributed by atoms with Crippen molar-refractivity contribution in [3.63, 3.8) is 0 Å². The Bertz CT molecular complexity index is 1070. The molecule has 4 nitrogen and oxygen atoms in total. The van der Waals surface area contributed by atoms with E-state index < -0.39 is 5.54 Å². The second-order valence-electron chi connectivity index (χ2n) is 7.79. The van der Waals surface area contributed by atoms with Gasteiger partial charge in [-0.3, -0.25) is 9.59 Å². The predicted molar refractivity (Wildman–Crippen MR) is 113 cm³/mol. The van der Waals surface area contributed by atoms with Crippen LogP contribution in [0.5, 0.6) is 0 Å². The Kier molecular flexibility index (Phi) is 5.36. The summed E-state index contributed by atoms with van der Waals surface area (Å²) in [6, 6.07) is 23.1. The zero-order valence-electron chi connectivity index (χ0n) is 16.8. The topological polar surface area (TPSA) is 49.4 Å². The third kappa shape index (κ3) is 3.83. The summed E-state index contributed by atoms with van der Waals surface area (Å²) < 4.78 is 13.3. The summed E-state index contributed by atoms with van der Waals surface area (Å²) in [4.78, 5) is 28.3. The molecule has 1 aliphatic rings. The van der Waals surface area contributed by atoms with Crippen LogP contribution in [-0.4, -0.2) is 22.3 Å². The maximum Gasteiger partial charge on any atom is 0.255 e. The first-order chi connectivity index (χ1) is 14.5. The smallest absolute Gasteiger partial charge is 0.255 e. The molecule has 1 N–H and O–H groups in total. The molecule has 1 heterocycles. The van der Waals surface area contributed by atoms with E-state index in [0.29, 0.717) is 18.5 Å². The molecule has 1 atom stereocenters. The van der Waals surface area contributed by atoms with Crippen molar-refractivity contribution in [2.75, 3.05) is 0 Å². The van der Waals surface area contributed by atoms with Crippen LogP contribution in [0.3, 0.4) is 0 Å². The van der Waals surface area contributed by atoms with Gasteiger partial charge in [0.25, 0.3) is 5.91 Å². The molecule has 152 valence electrons. The molecule has 1 unspecified atom stereocenters. The number of carbonyl (C=O) groups excluding carboxylic acids is 2. The molecule has 0 saturated carbocycles. The molecule has 0 radical (unpaired) electrons. The normalized spacial score (nSPS) is 18.1. The molecule has 4 rings (SSSR count). The first-order valence-corrected chi connectivity index (χ1v) is 9.94. The lowest BCUT2D eigenvalue weighted by Crippen LogP contribution is -2.62. The summed E-state index contributed by atoms with van der Waals surface area (Å²) in [5.41, 5.74) is 2.16. The maximum absolute atomic E-state index is 13.4. The van der Waals surface area contributed by atoms with Gasteiger partial charge in [0.2, 0.25) is 5.91 Å². The van der Waals surface area contributed by atoms with E-state index in [2.05, 4.69) is 5.32 Å². The lowest BCUT2D eigenvalue weighted by molar-refractivity contribution is -0.132. The van der Waals surface area contributed by atoms with E-state index in [1.165, 1.54) is 12.1 Å². The van der Waals surface area contributed by atoms with Gasteiger partial charge in [0.05, 0.1) is 0 Å². The quantitative estimate of drug-likeness (QED) is 0.699. The van der Waals surface area contributed by atoms with Gasteiger partial charge in [0.1, 0.15) is 11.4 Å². The minimum Gasteiger partial charge on any atom is -0.350 e. The highest BCUT2D eigenvalue weighted by Crippen LogP contribution is 2.33. The molecule has 0 spiro atoms. The van der Waals surface area contributed by atoms with Crippen molar-refractivity contribution < 1.29 is 14.0 Å². The van der Waals surface area contributed by atoms with Crippen molar-refractivity contribution in [1.29, 1.82) is 0 Å². The minimum atomic E-state index is -1.06. The number of hydrogen-bond donors (Lipinski definition) is 1. The molecule has 0 bridgehead atoms.